The van der Waals surface area contributed by atoms with Crippen molar-refractivity contribution in [3.05, 3.63) is 28.8 Å². The summed E-state index contributed by atoms with van der Waals surface area (Å²) in [6, 6.07) is 4.00. The van der Waals surface area contributed by atoms with Crippen molar-refractivity contribution in [1.29, 1.82) is 5.26 Å². The van der Waals surface area contributed by atoms with Crippen LogP contribution in [0.25, 0.3) is 0 Å². The molecule has 0 spiro atoms. The van der Waals surface area contributed by atoms with Crippen LogP contribution in [0.5, 0.6) is 0 Å². The number of esters is 1. The molecule has 0 amide bonds. The van der Waals surface area contributed by atoms with Crippen LogP contribution < -0.4 is 0 Å². The maximum Gasteiger partial charge on any atom is 0.339 e. The Morgan fingerprint density at radius 2 is 2.24 bits per heavy atom. The Bertz CT molecular complexity index is 483. The molecule has 90 valence electrons. The third-order valence-electron chi connectivity index (χ3n) is 1.99. The van der Waals surface area contributed by atoms with Crippen LogP contribution >= 0.6 is 12.6 Å². The molecule has 0 bridgehead atoms. The Balaban J connectivity index is 3.43. The standard InChI is InChI=1S/C11H9F2NO2S/c1-2-16-11(15)9-6(5-14)3-7(17)4-8(9)10(12)13/h3-4,10,17H,2H2,1H3. The molecule has 0 saturated heterocycles. The van der Waals surface area contributed by atoms with Gasteiger partial charge < -0.3 is 4.74 Å². The first-order chi connectivity index (χ1) is 8.01. The zero-order chi connectivity index (χ0) is 13.0. The maximum atomic E-state index is 12.8. The van der Waals surface area contributed by atoms with Crippen molar-refractivity contribution in [1.82, 2.24) is 0 Å². The number of hydrogen-bond acceptors (Lipinski definition) is 4. The maximum absolute atomic E-state index is 12.8. The number of alkyl halides is 2. The minimum absolute atomic E-state index is 0.0506. The minimum Gasteiger partial charge on any atom is -0.462 e. The van der Waals surface area contributed by atoms with E-state index in [0.29, 0.717) is 0 Å². The highest BCUT2D eigenvalue weighted by molar-refractivity contribution is 7.80. The van der Waals surface area contributed by atoms with Crippen molar-refractivity contribution in [2.75, 3.05) is 6.61 Å². The quantitative estimate of drug-likeness (QED) is 0.669. The molecule has 0 aliphatic heterocycles. The molecule has 0 saturated carbocycles. The molecule has 0 radical (unpaired) electrons. The molecule has 0 N–H and O–H groups in total. The summed E-state index contributed by atoms with van der Waals surface area (Å²) in [5.41, 5.74) is -1.08. The number of ether oxygens (including phenoxy) is 1. The monoisotopic (exact) mass is 257 g/mol. The zero-order valence-corrected chi connectivity index (χ0v) is 9.80. The highest BCUT2D eigenvalue weighted by atomic mass is 32.1. The number of nitrogens with zero attached hydrogens (tertiary/aromatic N) is 1. The van der Waals surface area contributed by atoms with Crippen LogP contribution in [0.3, 0.4) is 0 Å². The second-order valence-corrected chi connectivity index (χ2v) is 3.61. The molecule has 0 aromatic heterocycles. The lowest BCUT2D eigenvalue weighted by molar-refractivity contribution is 0.0515. The highest BCUT2D eigenvalue weighted by Crippen LogP contribution is 2.29. The molecular weight excluding hydrogens is 248 g/mol. The molecule has 1 aromatic rings. The Labute approximate surface area is 102 Å². The Morgan fingerprint density at radius 3 is 2.71 bits per heavy atom. The first-order valence-electron chi connectivity index (χ1n) is 4.73. The van der Waals surface area contributed by atoms with E-state index in [1.807, 2.05) is 0 Å². The number of nitriles is 1. The summed E-state index contributed by atoms with van der Waals surface area (Å²) >= 11 is 3.90. The summed E-state index contributed by atoms with van der Waals surface area (Å²) in [5.74, 6) is -0.923. The van der Waals surface area contributed by atoms with E-state index in [4.69, 9.17) is 5.26 Å². The first-order valence-corrected chi connectivity index (χ1v) is 5.18. The zero-order valence-electron chi connectivity index (χ0n) is 8.91. The van der Waals surface area contributed by atoms with Gasteiger partial charge in [0.05, 0.1) is 17.7 Å². The van der Waals surface area contributed by atoms with Crippen molar-refractivity contribution in [3.63, 3.8) is 0 Å². The SMILES string of the molecule is CCOC(=O)c1c(C#N)cc(S)cc1C(F)F. The summed E-state index contributed by atoms with van der Waals surface area (Å²) < 4.78 is 30.2. The molecule has 0 fully saturated rings. The number of carbonyl (C=O) groups excluding carboxylic acids is 1. The summed E-state index contributed by atoms with van der Waals surface area (Å²) in [6.07, 6.45) is -2.87. The predicted octanol–water partition coefficient (Wildman–Crippen LogP) is 2.96. The van der Waals surface area contributed by atoms with Gasteiger partial charge >= 0.3 is 5.97 Å². The van der Waals surface area contributed by atoms with Crippen LogP contribution in [0.15, 0.2) is 17.0 Å². The Hall–Kier alpha value is -1.61. The van der Waals surface area contributed by atoms with Crippen LogP contribution in [0, 0.1) is 11.3 Å². The number of hydrogen-bond donors (Lipinski definition) is 1. The van der Waals surface area contributed by atoms with E-state index in [9.17, 15) is 13.6 Å². The smallest absolute Gasteiger partial charge is 0.339 e. The van der Waals surface area contributed by atoms with Gasteiger partial charge in [-0.25, -0.2) is 13.6 Å². The van der Waals surface area contributed by atoms with Gasteiger partial charge in [-0.05, 0) is 19.1 Å². The average molecular weight is 257 g/mol. The van der Waals surface area contributed by atoms with Crippen molar-refractivity contribution in [3.8, 4) is 6.07 Å². The van der Waals surface area contributed by atoms with Gasteiger partial charge in [0.15, 0.2) is 0 Å². The lowest BCUT2D eigenvalue weighted by atomic mass is 10.0. The van der Waals surface area contributed by atoms with Crippen molar-refractivity contribution in [2.45, 2.75) is 18.2 Å². The van der Waals surface area contributed by atoms with Gasteiger partial charge in [-0.3, -0.25) is 0 Å². The van der Waals surface area contributed by atoms with Gasteiger partial charge in [0, 0.05) is 10.5 Å². The highest BCUT2D eigenvalue weighted by Gasteiger charge is 2.23. The number of rotatable bonds is 3. The third kappa shape index (κ3) is 2.94. The minimum atomic E-state index is -2.87. The molecule has 0 atom stereocenters. The van der Waals surface area contributed by atoms with Crippen molar-refractivity contribution >= 4 is 18.6 Å². The molecule has 0 aliphatic rings. The fraction of sp³-hybridized carbons (Fsp3) is 0.273. The van der Waals surface area contributed by atoms with Gasteiger partial charge in [0.1, 0.15) is 6.07 Å². The van der Waals surface area contributed by atoms with Gasteiger partial charge in [-0.2, -0.15) is 5.26 Å². The largest absolute Gasteiger partial charge is 0.462 e. The van der Waals surface area contributed by atoms with Crippen LogP contribution in [0.2, 0.25) is 0 Å². The molecule has 1 aromatic carbocycles. The summed E-state index contributed by atoms with van der Waals surface area (Å²) in [7, 11) is 0. The molecule has 17 heavy (non-hydrogen) atoms. The number of benzene rings is 1. The molecule has 6 heteroatoms. The van der Waals surface area contributed by atoms with Gasteiger partial charge in [-0.15, -0.1) is 12.6 Å². The number of halogens is 2. The predicted molar refractivity (Wildman–Crippen MR) is 59.3 cm³/mol. The van der Waals surface area contributed by atoms with E-state index < -0.39 is 18.0 Å². The third-order valence-corrected chi connectivity index (χ3v) is 2.25. The molecule has 1 rings (SSSR count). The first kappa shape index (κ1) is 13.5. The van der Waals surface area contributed by atoms with Crippen LogP contribution in [0.1, 0.15) is 34.8 Å². The molecule has 0 heterocycles. The summed E-state index contributed by atoms with van der Waals surface area (Å²) in [6.45, 7) is 1.61. The topological polar surface area (TPSA) is 50.1 Å². The lowest BCUT2D eigenvalue weighted by Crippen LogP contribution is -2.11. The fourth-order valence-corrected chi connectivity index (χ4v) is 1.61. The second kappa shape index (κ2) is 5.64. The van der Waals surface area contributed by atoms with Crippen molar-refractivity contribution < 1.29 is 18.3 Å². The normalized spacial score (nSPS) is 10.1. The average Bonchev–Trinajstić information content (AvgIpc) is 2.27. The molecule has 0 unspecified atom stereocenters. The van der Waals surface area contributed by atoms with Crippen LogP contribution in [-0.4, -0.2) is 12.6 Å². The summed E-state index contributed by atoms with van der Waals surface area (Å²) in [5, 5.41) is 8.83. The fourth-order valence-electron chi connectivity index (χ4n) is 1.34. The van der Waals surface area contributed by atoms with Gasteiger partial charge in [0.25, 0.3) is 6.43 Å². The Morgan fingerprint density at radius 1 is 1.59 bits per heavy atom. The number of carbonyl (C=O) groups is 1. The molecular formula is C11H9F2NO2S. The van der Waals surface area contributed by atoms with E-state index in [0.717, 1.165) is 6.07 Å². The van der Waals surface area contributed by atoms with E-state index >= 15 is 0 Å². The van der Waals surface area contributed by atoms with E-state index in [-0.39, 0.29) is 22.6 Å². The van der Waals surface area contributed by atoms with E-state index in [1.165, 1.54) is 6.07 Å². The van der Waals surface area contributed by atoms with Crippen LogP contribution in [0.4, 0.5) is 8.78 Å². The summed E-state index contributed by atoms with van der Waals surface area (Å²) in [4.78, 5) is 11.7. The Kier molecular flexibility index (Phi) is 4.46. The van der Waals surface area contributed by atoms with E-state index in [1.54, 1.807) is 13.0 Å². The van der Waals surface area contributed by atoms with E-state index in [2.05, 4.69) is 17.4 Å². The number of thiol groups is 1. The lowest BCUT2D eigenvalue weighted by Gasteiger charge is -2.10. The van der Waals surface area contributed by atoms with Gasteiger partial charge in [-0.1, -0.05) is 0 Å². The van der Waals surface area contributed by atoms with Crippen LogP contribution in [-0.2, 0) is 4.74 Å². The second-order valence-electron chi connectivity index (χ2n) is 3.09. The molecule has 0 aliphatic carbocycles. The van der Waals surface area contributed by atoms with Gasteiger partial charge in [0.2, 0.25) is 0 Å². The molecule has 3 nitrogen and oxygen atoms in total. The van der Waals surface area contributed by atoms with Crippen molar-refractivity contribution in [2.24, 2.45) is 0 Å².